The van der Waals surface area contributed by atoms with Gasteiger partial charge in [0, 0.05) is 13.5 Å². The van der Waals surface area contributed by atoms with Crippen molar-refractivity contribution < 1.29 is 24.3 Å². The summed E-state index contributed by atoms with van der Waals surface area (Å²) in [5.41, 5.74) is 10.5. The topological polar surface area (TPSA) is 165 Å². The molecule has 0 heterocycles. The van der Waals surface area contributed by atoms with Crippen LogP contribution in [0.25, 0.3) is 0 Å². The second kappa shape index (κ2) is 9.70. The zero-order chi connectivity index (χ0) is 16.4. The lowest BCUT2D eigenvalue weighted by molar-refractivity contribution is -0.143. The minimum Gasteiger partial charge on any atom is -0.480 e. The van der Waals surface area contributed by atoms with E-state index in [0.717, 1.165) is 0 Å². The smallest absolute Gasteiger partial charge is 0.326 e. The van der Waals surface area contributed by atoms with Crippen molar-refractivity contribution >= 4 is 23.7 Å². The number of carbonyl (C=O) groups is 4. The van der Waals surface area contributed by atoms with E-state index in [9.17, 15) is 19.2 Å². The van der Waals surface area contributed by atoms with Gasteiger partial charge in [0.2, 0.25) is 17.7 Å². The number of carboxylic acid groups (broad SMARTS) is 1. The second-order valence-corrected chi connectivity index (χ2v) is 4.66. The van der Waals surface area contributed by atoms with Gasteiger partial charge in [0.25, 0.3) is 0 Å². The number of unbranched alkanes of at least 4 members (excludes halogenated alkanes) is 1. The predicted octanol–water partition coefficient (Wildman–Crippen LogP) is -1.94. The van der Waals surface area contributed by atoms with Crippen LogP contribution in [-0.2, 0) is 19.2 Å². The number of aliphatic carboxylic acids is 1. The fourth-order valence-corrected chi connectivity index (χ4v) is 1.56. The molecule has 0 aliphatic carbocycles. The maximum atomic E-state index is 11.7. The summed E-state index contributed by atoms with van der Waals surface area (Å²) in [5, 5.41) is 13.6. The van der Waals surface area contributed by atoms with Gasteiger partial charge >= 0.3 is 5.97 Å². The first kappa shape index (κ1) is 18.8. The molecule has 0 radical (unpaired) electrons. The Morgan fingerprint density at radius 3 is 2.29 bits per heavy atom. The van der Waals surface area contributed by atoms with E-state index in [1.807, 2.05) is 0 Å². The molecule has 0 unspecified atom stereocenters. The third kappa shape index (κ3) is 9.38. The van der Waals surface area contributed by atoms with E-state index >= 15 is 0 Å². The highest BCUT2D eigenvalue weighted by atomic mass is 16.4. The average Bonchev–Trinajstić information content (AvgIpc) is 2.36. The molecule has 120 valence electrons. The molecule has 9 heteroatoms. The molecule has 0 bridgehead atoms. The van der Waals surface area contributed by atoms with E-state index in [2.05, 4.69) is 10.6 Å². The first-order valence-electron chi connectivity index (χ1n) is 6.55. The van der Waals surface area contributed by atoms with Gasteiger partial charge in [0.05, 0.1) is 12.5 Å². The molecular weight excluding hydrogens is 280 g/mol. The van der Waals surface area contributed by atoms with E-state index in [4.69, 9.17) is 16.6 Å². The van der Waals surface area contributed by atoms with Gasteiger partial charge in [0.1, 0.15) is 6.04 Å². The normalized spacial score (nSPS) is 13.0. The van der Waals surface area contributed by atoms with Crippen molar-refractivity contribution in [3.8, 4) is 0 Å². The molecule has 0 fully saturated rings. The first-order chi connectivity index (χ1) is 9.73. The second-order valence-electron chi connectivity index (χ2n) is 4.66. The molecule has 9 nitrogen and oxygen atoms in total. The van der Waals surface area contributed by atoms with Crippen LogP contribution in [0.15, 0.2) is 0 Å². The fourth-order valence-electron chi connectivity index (χ4n) is 1.56. The van der Waals surface area contributed by atoms with E-state index < -0.39 is 36.3 Å². The van der Waals surface area contributed by atoms with Crippen molar-refractivity contribution in [3.05, 3.63) is 0 Å². The quantitative estimate of drug-likeness (QED) is 0.295. The molecule has 0 aliphatic rings. The first-order valence-corrected chi connectivity index (χ1v) is 6.55. The molecule has 3 amide bonds. The fraction of sp³-hybridized carbons (Fsp3) is 0.667. The third-order valence-electron chi connectivity index (χ3n) is 2.67. The van der Waals surface area contributed by atoms with Gasteiger partial charge in [-0.2, -0.15) is 0 Å². The summed E-state index contributed by atoms with van der Waals surface area (Å²) in [7, 11) is 0. The van der Waals surface area contributed by atoms with Crippen LogP contribution in [-0.4, -0.2) is 47.4 Å². The van der Waals surface area contributed by atoms with Crippen molar-refractivity contribution in [3.63, 3.8) is 0 Å². The molecule has 0 saturated carbocycles. The maximum Gasteiger partial charge on any atom is 0.326 e. The summed E-state index contributed by atoms with van der Waals surface area (Å²) in [6, 6.07) is -2.25. The van der Waals surface area contributed by atoms with Gasteiger partial charge in [-0.05, 0) is 19.3 Å². The van der Waals surface area contributed by atoms with E-state index in [-0.39, 0.29) is 5.91 Å². The molecular formula is C12H22N4O5. The van der Waals surface area contributed by atoms with E-state index in [1.54, 1.807) is 0 Å². The maximum absolute atomic E-state index is 11.7. The summed E-state index contributed by atoms with van der Waals surface area (Å²) in [6.07, 6.45) is 1.11. The van der Waals surface area contributed by atoms with Gasteiger partial charge in [-0.3, -0.25) is 14.4 Å². The Balaban J connectivity index is 4.09. The Kier molecular flexibility index (Phi) is 8.70. The number of amides is 3. The summed E-state index contributed by atoms with van der Waals surface area (Å²) >= 11 is 0. The zero-order valence-corrected chi connectivity index (χ0v) is 11.9. The molecule has 2 atom stereocenters. The van der Waals surface area contributed by atoms with Crippen LogP contribution in [0.2, 0.25) is 0 Å². The molecule has 0 rings (SSSR count). The molecule has 7 N–H and O–H groups in total. The minimum atomic E-state index is -1.37. The zero-order valence-electron chi connectivity index (χ0n) is 11.9. The van der Waals surface area contributed by atoms with Crippen LogP contribution in [0.5, 0.6) is 0 Å². The minimum absolute atomic E-state index is 0.132. The summed E-state index contributed by atoms with van der Waals surface area (Å²) in [5.74, 6) is -2.96. The molecule has 0 spiro atoms. The van der Waals surface area contributed by atoms with Crippen LogP contribution >= 0.6 is 0 Å². The average molecular weight is 302 g/mol. The molecule has 21 heavy (non-hydrogen) atoms. The Hall–Kier alpha value is -2.16. The Morgan fingerprint density at radius 1 is 1.19 bits per heavy atom. The highest BCUT2D eigenvalue weighted by molar-refractivity contribution is 5.89. The van der Waals surface area contributed by atoms with Crippen LogP contribution < -0.4 is 22.1 Å². The number of rotatable bonds is 10. The van der Waals surface area contributed by atoms with Crippen molar-refractivity contribution in [1.82, 2.24) is 10.6 Å². The number of nitrogens with one attached hydrogen (secondary N) is 2. The highest BCUT2D eigenvalue weighted by Gasteiger charge is 2.24. The van der Waals surface area contributed by atoms with Gasteiger partial charge in [0.15, 0.2) is 0 Å². The van der Waals surface area contributed by atoms with Crippen molar-refractivity contribution in [2.75, 3.05) is 6.54 Å². The summed E-state index contributed by atoms with van der Waals surface area (Å²) < 4.78 is 0. The molecule has 0 aromatic rings. The predicted molar refractivity (Wildman–Crippen MR) is 73.9 cm³/mol. The Labute approximate surface area is 122 Å². The van der Waals surface area contributed by atoms with Crippen LogP contribution in [0.3, 0.4) is 0 Å². The Morgan fingerprint density at radius 2 is 1.81 bits per heavy atom. The van der Waals surface area contributed by atoms with Crippen LogP contribution in [0.1, 0.15) is 32.6 Å². The Bertz CT molecular complexity index is 399. The molecule has 0 aromatic carbocycles. The number of primary amides is 1. The SMILES string of the molecule is CC(=O)NCCCC[C@H](N)C(=O)N[C@@H](CC(N)=O)C(=O)O. The van der Waals surface area contributed by atoms with Gasteiger partial charge in [-0.25, -0.2) is 4.79 Å². The highest BCUT2D eigenvalue weighted by Crippen LogP contribution is 2.00. The molecule has 0 aliphatic heterocycles. The monoisotopic (exact) mass is 302 g/mol. The third-order valence-corrected chi connectivity index (χ3v) is 2.67. The van der Waals surface area contributed by atoms with Gasteiger partial charge in [-0.1, -0.05) is 0 Å². The standard InChI is InChI=1S/C12H22N4O5/c1-7(17)15-5-3-2-4-8(13)11(19)16-9(12(20)21)6-10(14)18/h8-9H,2-6,13H2,1H3,(H2,14,18)(H,15,17)(H,16,19)(H,20,21)/t8-,9-/m0/s1. The number of hydrogen-bond donors (Lipinski definition) is 5. The van der Waals surface area contributed by atoms with E-state index in [0.29, 0.717) is 25.8 Å². The van der Waals surface area contributed by atoms with Crippen LogP contribution in [0.4, 0.5) is 0 Å². The van der Waals surface area contributed by atoms with Crippen molar-refractivity contribution in [2.45, 2.75) is 44.7 Å². The lowest BCUT2D eigenvalue weighted by Gasteiger charge is -2.16. The van der Waals surface area contributed by atoms with Crippen molar-refractivity contribution in [1.29, 1.82) is 0 Å². The van der Waals surface area contributed by atoms with Crippen molar-refractivity contribution in [2.24, 2.45) is 11.5 Å². The lowest BCUT2D eigenvalue weighted by atomic mass is 10.1. The largest absolute Gasteiger partial charge is 0.480 e. The van der Waals surface area contributed by atoms with Gasteiger partial charge in [-0.15, -0.1) is 0 Å². The van der Waals surface area contributed by atoms with E-state index in [1.165, 1.54) is 6.92 Å². The number of carbonyl (C=O) groups excluding carboxylic acids is 3. The van der Waals surface area contributed by atoms with Crippen LogP contribution in [0, 0.1) is 0 Å². The van der Waals surface area contributed by atoms with Gasteiger partial charge < -0.3 is 27.2 Å². The number of hydrogen-bond acceptors (Lipinski definition) is 5. The summed E-state index contributed by atoms with van der Waals surface area (Å²) in [6.45, 7) is 1.90. The molecule has 0 saturated heterocycles. The number of carboxylic acids is 1. The number of nitrogens with two attached hydrogens (primary N) is 2. The molecule has 0 aromatic heterocycles. The lowest BCUT2D eigenvalue weighted by Crippen LogP contribution is -2.49. The summed E-state index contributed by atoms with van der Waals surface area (Å²) in [4.78, 5) is 43.9.